The summed E-state index contributed by atoms with van der Waals surface area (Å²) in [4.78, 5) is 40.9. The van der Waals surface area contributed by atoms with Crippen LogP contribution >= 0.6 is 11.5 Å². The molecule has 3 rings (SSSR count). The van der Waals surface area contributed by atoms with Crippen molar-refractivity contribution in [1.29, 1.82) is 0 Å². The quantitative estimate of drug-likeness (QED) is 0.317. The molecule has 0 fully saturated rings. The summed E-state index contributed by atoms with van der Waals surface area (Å²) in [5.74, 6) is -0.351. The zero-order valence-corrected chi connectivity index (χ0v) is 22.7. The van der Waals surface area contributed by atoms with Gasteiger partial charge in [0.15, 0.2) is 5.69 Å². The van der Waals surface area contributed by atoms with Crippen LogP contribution in [0.3, 0.4) is 0 Å². The van der Waals surface area contributed by atoms with E-state index in [4.69, 9.17) is 20.9 Å². The van der Waals surface area contributed by atoms with Gasteiger partial charge in [-0.15, -0.1) is 0 Å². The van der Waals surface area contributed by atoms with Crippen molar-refractivity contribution in [2.45, 2.75) is 33.2 Å². The normalized spacial score (nSPS) is 11.6. The molecule has 0 aliphatic heterocycles. The van der Waals surface area contributed by atoms with Crippen molar-refractivity contribution in [3.05, 3.63) is 64.7 Å². The van der Waals surface area contributed by atoms with Gasteiger partial charge < -0.3 is 26.3 Å². The molecule has 0 aliphatic carbocycles. The van der Waals surface area contributed by atoms with E-state index in [9.17, 15) is 14.4 Å². The van der Waals surface area contributed by atoms with Crippen LogP contribution in [0, 0.1) is 5.92 Å². The maximum atomic E-state index is 14.1. The standard InChI is InChI=1S/C27H33N5O5S/c1-5-37-19-11-9-17(10-12-19)23(26(34)30-14-13-16(2)3)32(18-7-6-8-20(15-18)36-4)27(35)24-21(28)22(25(29)33)31-38-24/h6-12,15-16,23H,5,13-14,28H2,1-4H3,(H2,29,33)(H,30,34). The zero-order chi connectivity index (χ0) is 27.8. The number of nitrogens with two attached hydrogens (primary N) is 2. The third kappa shape index (κ3) is 6.60. The first-order valence-electron chi connectivity index (χ1n) is 12.2. The van der Waals surface area contributed by atoms with Crippen LogP contribution in [-0.4, -0.2) is 42.4 Å². The van der Waals surface area contributed by atoms with Gasteiger partial charge >= 0.3 is 0 Å². The number of amides is 3. The number of anilines is 2. The Bertz CT molecular complexity index is 1280. The summed E-state index contributed by atoms with van der Waals surface area (Å²) >= 11 is 0.751. The van der Waals surface area contributed by atoms with Gasteiger partial charge in [0.2, 0.25) is 5.91 Å². The van der Waals surface area contributed by atoms with Gasteiger partial charge in [0.05, 0.1) is 19.4 Å². The minimum atomic E-state index is -1.09. The second-order valence-corrected chi connectivity index (χ2v) is 9.67. The highest BCUT2D eigenvalue weighted by molar-refractivity contribution is 7.09. The summed E-state index contributed by atoms with van der Waals surface area (Å²) in [5, 5.41) is 2.96. The van der Waals surface area contributed by atoms with E-state index in [-0.39, 0.29) is 22.2 Å². The number of carbonyl (C=O) groups excluding carboxylic acids is 3. The Balaban J connectivity index is 2.17. The first-order valence-corrected chi connectivity index (χ1v) is 13.0. The number of benzene rings is 2. The van der Waals surface area contributed by atoms with Crippen molar-refractivity contribution < 1.29 is 23.9 Å². The minimum Gasteiger partial charge on any atom is -0.497 e. The van der Waals surface area contributed by atoms with Gasteiger partial charge in [-0.3, -0.25) is 19.3 Å². The molecule has 0 saturated heterocycles. The second kappa shape index (κ2) is 12.9. The topological polar surface area (TPSA) is 150 Å². The number of nitrogens with zero attached hydrogens (tertiary/aromatic N) is 2. The van der Waals surface area contributed by atoms with E-state index < -0.39 is 17.9 Å². The van der Waals surface area contributed by atoms with Crippen LogP contribution in [0.25, 0.3) is 0 Å². The molecular formula is C27H33N5O5S. The lowest BCUT2D eigenvalue weighted by atomic mass is 10.0. The molecule has 1 aromatic heterocycles. The van der Waals surface area contributed by atoms with Gasteiger partial charge in [-0.2, -0.15) is 4.37 Å². The summed E-state index contributed by atoms with van der Waals surface area (Å²) in [6.45, 7) is 6.91. The monoisotopic (exact) mass is 539 g/mol. The van der Waals surface area contributed by atoms with Crippen molar-refractivity contribution >= 4 is 40.6 Å². The fourth-order valence-electron chi connectivity index (χ4n) is 3.79. The van der Waals surface area contributed by atoms with E-state index in [2.05, 4.69) is 23.5 Å². The lowest BCUT2D eigenvalue weighted by Crippen LogP contribution is -2.44. The van der Waals surface area contributed by atoms with Gasteiger partial charge in [-0.1, -0.05) is 32.0 Å². The molecule has 3 aromatic rings. The summed E-state index contributed by atoms with van der Waals surface area (Å²) < 4.78 is 14.9. The van der Waals surface area contributed by atoms with E-state index in [1.807, 2.05) is 6.92 Å². The zero-order valence-electron chi connectivity index (χ0n) is 21.9. The smallest absolute Gasteiger partial charge is 0.273 e. The molecule has 2 aromatic carbocycles. The molecule has 3 amide bonds. The molecule has 0 aliphatic rings. The van der Waals surface area contributed by atoms with E-state index in [0.717, 1.165) is 18.0 Å². The first kappa shape index (κ1) is 28.5. The van der Waals surface area contributed by atoms with Crippen molar-refractivity contribution in [3.63, 3.8) is 0 Å². The van der Waals surface area contributed by atoms with Gasteiger partial charge in [0, 0.05) is 18.3 Å². The second-order valence-electron chi connectivity index (χ2n) is 8.89. The van der Waals surface area contributed by atoms with Crippen molar-refractivity contribution in [3.8, 4) is 11.5 Å². The average Bonchev–Trinajstić information content (AvgIpc) is 3.29. The van der Waals surface area contributed by atoms with E-state index in [0.29, 0.717) is 41.8 Å². The molecule has 0 bridgehead atoms. The van der Waals surface area contributed by atoms with E-state index in [1.54, 1.807) is 48.5 Å². The Kier molecular flexibility index (Phi) is 9.66. The first-order chi connectivity index (χ1) is 18.2. The molecule has 1 heterocycles. The number of rotatable bonds is 12. The van der Waals surface area contributed by atoms with Gasteiger partial charge in [-0.25, -0.2) is 0 Å². The van der Waals surface area contributed by atoms with E-state index in [1.165, 1.54) is 12.0 Å². The molecule has 202 valence electrons. The number of ether oxygens (including phenoxy) is 2. The van der Waals surface area contributed by atoms with Crippen LogP contribution in [0.4, 0.5) is 11.4 Å². The van der Waals surface area contributed by atoms with Crippen LogP contribution in [0.5, 0.6) is 11.5 Å². The van der Waals surface area contributed by atoms with Gasteiger partial charge in [0.25, 0.3) is 11.8 Å². The number of methoxy groups -OCH3 is 1. The Hall–Kier alpha value is -4.12. The summed E-state index contributed by atoms with van der Waals surface area (Å²) in [6, 6.07) is 12.7. The number of nitrogens with one attached hydrogen (secondary N) is 1. The van der Waals surface area contributed by atoms with Crippen LogP contribution in [0.15, 0.2) is 48.5 Å². The third-order valence-corrected chi connectivity index (χ3v) is 6.59. The molecule has 5 N–H and O–H groups in total. The predicted molar refractivity (Wildman–Crippen MR) is 148 cm³/mol. The fraction of sp³-hybridized carbons (Fsp3) is 0.333. The molecule has 0 radical (unpaired) electrons. The average molecular weight is 540 g/mol. The fourth-order valence-corrected chi connectivity index (χ4v) is 4.54. The number of primary amides is 1. The highest BCUT2D eigenvalue weighted by atomic mass is 32.1. The number of hydrogen-bond donors (Lipinski definition) is 3. The maximum Gasteiger partial charge on any atom is 0.273 e. The molecule has 11 heteroatoms. The largest absolute Gasteiger partial charge is 0.497 e. The molecule has 1 unspecified atom stereocenters. The lowest BCUT2D eigenvalue weighted by Gasteiger charge is -2.31. The molecule has 10 nitrogen and oxygen atoms in total. The third-order valence-electron chi connectivity index (χ3n) is 5.74. The molecule has 0 spiro atoms. The Labute approximate surface area is 226 Å². The Morgan fingerprint density at radius 3 is 2.39 bits per heavy atom. The number of carbonyl (C=O) groups is 3. The van der Waals surface area contributed by atoms with Crippen molar-refractivity contribution in [2.75, 3.05) is 30.9 Å². The summed E-state index contributed by atoms with van der Waals surface area (Å²) in [5.41, 5.74) is 12.1. The molecule has 38 heavy (non-hydrogen) atoms. The van der Waals surface area contributed by atoms with Crippen LogP contribution in [-0.2, 0) is 4.79 Å². The minimum absolute atomic E-state index is 0.00691. The lowest BCUT2D eigenvalue weighted by molar-refractivity contribution is -0.122. The summed E-state index contributed by atoms with van der Waals surface area (Å²) in [7, 11) is 1.51. The SMILES string of the molecule is CCOc1ccc(C(C(=O)NCCC(C)C)N(C(=O)c2snc(C(N)=O)c2N)c2cccc(OC)c2)cc1. The highest BCUT2D eigenvalue weighted by Crippen LogP contribution is 2.35. The van der Waals surface area contributed by atoms with Crippen LogP contribution < -0.4 is 31.2 Å². The number of hydrogen-bond acceptors (Lipinski definition) is 8. The predicted octanol–water partition coefficient (Wildman–Crippen LogP) is 3.78. The van der Waals surface area contributed by atoms with Gasteiger partial charge in [-0.05, 0) is 60.6 Å². The van der Waals surface area contributed by atoms with Crippen molar-refractivity contribution in [2.24, 2.45) is 11.7 Å². The van der Waals surface area contributed by atoms with Crippen LogP contribution in [0.2, 0.25) is 0 Å². The summed E-state index contributed by atoms with van der Waals surface area (Å²) in [6.07, 6.45) is 0.763. The highest BCUT2D eigenvalue weighted by Gasteiger charge is 2.36. The van der Waals surface area contributed by atoms with Crippen molar-refractivity contribution in [1.82, 2.24) is 9.69 Å². The van der Waals surface area contributed by atoms with Crippen LogP contribution in [0.1, 0.15) is 59.0 Å². The van der Waals surface area contributed by atoms with E-state index >= 15 is 0 Å². The maximum absolute atomic E-state index is 14.1. The molecular weight excluding hydrogens is 506 g/mol. The Morgan fingerprint density at radius 2 is 1.82 bits per heavy atom. The molecule has 1 atom stereocenters. The Morgan fingerprint density at radius 1 is 1.11 bits per heavy atom. The van der Waals surface area contributed by atoms with Gasteiger partial charge in [0.1, 0.15) is 22.4 Å². The molecule has 0 saturated carbocycles. The number of nitrogen functional groups attached to an aromatic ring is 1. The number of aromatic nitrogens is 1.